The van der Waals surface area contributed by atoms with E-state index in [-0.39, 0.29) is 5.91 Å². The number of benzene rings is 1. The summed E-state index contributed by atoms with van der Waals surface area (Å²) in [4.78, 5) is 14.7. The quantitative estimate of drug-likeness (QED) is 0.722. The fraction of sp³-hybridized carbons (Fsp3) is 0.368. The molecule has 1 amide bonds. The van der Waals surface area contributed by atoms with Gasteiger partial charge in [-0.2, -0.15) is 5.10 Å². The van der Waals surface area contributed by atoms with E-state index in [4.69, 9.17) is 0 Å². The van der Waals surface area contributed by atoms with Crippen LogP contribution in [0.1, 0.15) is 41.1 Å². The fourth-order valence-corrected chi connectivity index (χ4v) is 3.50. The van der Waals surface area contributed by atoms with Crippen molar-refractivity contribution >= 4 is 11.6 Å². The molecule has 0 aliphatic carbocycles. The van der Waals surface area contributed by atoms with Crippen molar-refractivity contribution in [2.45, 2.75) is 33.1 Å². The molecule has 0 radical (unpaired) electrons. The van der Waals surface area contributed by atoms with Crippen molar-refractivity contribution in [1.29, 1.82) is 0 Å². The molecule has 0 saturated carbocycles. The normalized spacial score (nSPS) is 14.9. The summed E-state index contributed by atoms with van der Waals surface area (Å²) in [5.74, 6) is -0.0407. The maximum absolute atomic E-state index is 12.8. The number of fused-ring (bicyclic) bond motifs is 1. The molecular formula is C19H21N5O. The van der Waals surface area contributed by atoms with Crippen molar-refractivity contribution in [3.8, 4) is 11.1 Å². The van der Waals surface area contributed by atoms with E-state index in [2.05, 4.69) is 15.3 Å². The molecule has 0 spiro atoms. The maximum Gasteiger partial charge on any atom is 0.276 e. The monoisotopic (exact) mass is 335 g/mol. The Morgan fingerprint density at radius 1 is 1.00 bits per heavy atom. The molecule has 128 valence electrons. The van der Waals surface area contributed by atoms with Crippen molar-refractivity contribution in [3.05, 3.63) is 47.4 Å². The molecule has 1 saturated heterocycles. The number of hydrogen-bond donors (Lipinski definition) is 0. The summed E-state index contributed by atoms with van der Waals surface area (Å²) in [5.41, 5.74) is 4.73. The van der Waals surface area contributed by atoms with Gasteiger partial charge in [0.2, 0.25) is 0 Å². The Hall–Kier alpha value is -2.76. The molecule has 1 aliphatic heterocycles. The first-order valence-electron chi connectivity index (χ1n) is 8.74. The van der Waals surface area contributed by atoms with Crippen LogP contribution in [-0.4, -0.2) is 43.7 Å². The van der Waals surface area contributed by atoms with Crippen LogP contribution in [-0.2, 0) is 0 Å². The SMILES string of the molecule is Cc1nn2c(C)c(C(=O)N3CCCCC3)nnc2c1-c1ccccc1. The third-order valence-electron chi connectivity index (χ3n) is 4.85. The van der Waals surface area contributed by atoms with Gasteiger partial charge in [0.1, 0.15) is 0 Å². The second kappa shape index (κ2) is 6.27. The molecule has 1 aromatic carbocycles. The lowest BCUT2D eigenvalue weighted by Crippen LogP contribution is -2.37. The summed E-state index contributed by atoms with van der Waals surface area (Å²) < 4.78 is 1.75. The van der Waals surface area contributed by atoms with Crippen LogP contribution in [0.15, 0.2) is 30.3 Å². The summed E-state index contributed by atoms with van der Waals surface area (Å²) in [6.45, 7) is 5.44. The van der Waals surface area contributed by atoms with Gasteiger partial charge in [-0.05, 0) is 38.7 Å². The number of carbonyl (C=O) groups is 1. The highest BCUT2D eigenvalue weighted by Crippen LogP contribution is 2.27. The molecule has 25 heavy (non-hydrogen) atoms. The zero-order valence-electron chi connectivity index (χ0n) is 14.6. The van der Waals surface area contributed by atoms with Crippen LogP contribution in [0, 0.1) is 13.8 Å². The Labute approximate surface area is 146 Å². The van der Waals surface area contributed by atoms with Gasteiger partial charge in [-0.25, -0.2) is 4.52 Å². The Morgan fingerprint density at radius 2 is 1.72 bits per heavy atom. The minimum absolute atomic E-state index is 0.0407. The molecule has 2 aromatic heterocycles. The minimum atomic E-state index is -0.0407. The van der Waals surface area contributed by atoms with Gasteiger partial charge in [-0.15, -0.1) is 10.2 Å². The van der Waals surface area contributed by atoms with Crippen molar-refractivity contribution in [3.63, 3.8) is 0 Å². The molecular weight excluding hydrogens is 314 g/mol. The Balaban J connectivity index is 1.80. The first-order chi connectivity index (χ1) is 12.2. The fourth-order valence-electron chi connectivity index (χ4n) is 3.50. The van der Waals surface area contributed by atoms with Gasteiger partial charge < -0.3 is 4.90 Å². The predicted octanol–water partition coefficient (Wildman–Crippen LogP) is 3.03. The molecule has 1 aliphatic rings. The molecule has 0 atom stereocenters. The zero-order chi connectivity index (χ0) is 17.4. The van der Waals surface area contributed by atoms with Crippen molar-refractivity contribution in [2.24, 2.45) is 0 Å². The zero-order valence-corrected chi connectivity index (χ0v) is 14.6. The average Bonchev–Trinajstić information content (AvgIpc) is 3.00. The number of rotatable bonds is 2. The van der Waals surface area contributed by atoms with Crippen molar-refractivity contribution < 1.29 is 4.79 Å². The average molecular weight is 335 g/mol. The summed E-state index contributed by atoms with van der Waals surface area (Å²) in [6.07, 6.45) is 3.30. The lowest BCUT2D eigenvalue weighted by atomic mass is 10.1. The van der Waals surface area contributed by atoms with Gasteiger partial charge in [0.25, 0.3) is 5.91 Å². The number of aromatic nitrogens is 4. The van der Waals surface area contributed by atoms with Gasteiger partial charge in [-0.1, -0.05) is 30.3 Å². The lowest BCUT2D eigenvalue weighted by Gasteiger charge is -2.26. The molecule has 1 fully saturated rings. The third kappa shape index (κ3) is 2.67. The summed E-state index contributed by atoms with van der Waals surface area (Å²) >= 11 is 0. The first-order valence-corrected chi connectivity index (χ1v) is 8.74. The molecule has 0 N–H and O–H groups in total. The van der Waals surface area contributed by atoms with Crippen LogP contribution in [0.5, 0.6) is 0 Å². The number of likely N-dealkylation sites (tertiary alicyclic amines) is 1. The number of hydrogen-bond acceptors (Lipinski definition) is 4. The Bertz CT molecular complexity index is 926. The van der Waals surface area contributed by atoms with E-state index in [1.165, 1.54) is 6.42 Å². The third-order valence-corrected chi connectivity index (χ3v) is 4.85. The topological polar surface area (TPSA) is 63.4 Å². The standard InChI is InChI=1S/C19H21N5O/c1-13-16(15-9-5-3-6-10-15)18-21-20-17(14(2)24(18)22-13)19(25)23-11-7-4-8-12-23/h3,5-6,9-10H,4,7-8,11-12H2,1-2H3. The van der Waals surface area contributed by atoms with Crippen LogP contribution in [0.3, 0.4) is 0 Å². The molecule has 0 bridgehead atoms. The number of piperidine rings is 1. The van der Waals surface area contributed by atoms with Gasteiger partial charge in [0.05, 0.1) is 17.0 Å². The molecule has 0 unspecified atom stereocenters. The van der Waals surface area contributed by atoms with E-state index in [1.807, 2.05) is 49.1 Å². The number of carbonyl (C=O) groups excluding carboxylic acids is 1. The van der Waals surface area contributed by atoms with E-state index >= 15 is 0 Å². The Kier molecular flexibility index (Phi) is 3.95. The highest BCUT2D eigenvalue weighted by Gasteiger charge is 2.24. The Morgan fingerprint density at radius 3 is 2.44 bits per heavy atom. The first kappa shape index (κ1) is 15.7. The van der Waals surface area contributed by atoms with Crippen LogP contribution >= 0.6 is 0 Å². The van der Waals surface area contributed by atoms with Gasteiger partial charge in [0, 0.05) is 13.1 Å². The second-order valence-electron chi connectivity index (χ2n) is 6.55. The molecule has 4 rings (SSSR count). The summed E-state index contributed by atoms with van der Waals surface area (Å²) in [6, 6.07) is 10.0. The molecule has 6 heteroatoms. The van der Waals surface area contributed by atoms with Crippen LogP contribution < -0.4 is 0 Å². The lowest BCUT2D eigenvalue weighted by molar-refractivity contribution is 0.0715. The highest BCUT2D eigenvalue weighted by molar-refractivity contribution is 5.93. The molecule has 3 aromatic rings. The summed E-state index contributed by atoms with van der Waals surface area (Å²) in [5, 5.41) is 13.3. The van der Waals surface area contributed by atoms with Crippen LogP contribution in [0.2, 0.25) is 0 Å². The summed E-state index contributed by atoms with van der Waals surface area (Å²) in [7, 11) is 0. The number of aryl methyl sites for hydroxylation is 2. The van der Waals surface area contributed by atoms with Gasteiger partial charge in [-0.3, -0.25) is 4.79 Å². The van der Waals surface area contributed by atoms with Crippen LogP contribution in [0.25, 0.3) is 16.8 Å². The predicted molar refractivity (Wildman–Crippen MR) is 95.4 cm³/mol. The van der Waals surface area contributed by atoms with E-state index < -0.39 is 0 Å². The van der Waals surface area contributed by atoms with E-state index in [9.17, 15) is 4.79 Å². The van der Waals surface area contributed by atoms with Crippen molar-refractivity contribution in [2.75, 3.05) is 13.1 Å². The minimum Gasteiger partial charge on any atom is -0.337 e. The number of nitrogens with zero attached hydrogens (tertiary/aromatic N) is 5. The van der Waals surface area contributed by atoms with Crippen LogP contribution in [0.4, 0.5) is 0 Å². The van der Waals surface area contributed by atoms with Gasteiger partial charge in [0.15, 0.2) is 11.3 Å². The van der Waals surface area contributed by atoms with E-state index in [1.54, 1.807) is 4.52 Å². The van der Waals surface area contributed by atoms with E-state index in [0.717, 1.165) is 48.4 Å². The smallest absolute Gasteiger partial charge is 0.276 e. The maximum atomic E-state index is 12.8. The molecule has 3 heterocycles. The molecule has 6 nitrogen and oxygen atoms in total. The van der Waals surface area contributed by atoms with Crippen molar-refractivity contribution in [1.82, 2.24) is 24.7 Å². The highest BCUT2D eigenvalue weighted by atomic mass is 16.2. The number of amides is 1. The largest absolute Gasteiger partial charge is 0.337 e. The second-order valence-corrected chi connectivity index (χ2v) is 6.55. The van der Waals surface area contributed by atoms with E-state index in [0.29, 0.717) is 11.3 Å². The van der Waals surface area contributed by atoms with Gasteiger partial charge >= 0.3 is 0 Å².